The molecule has 10 nitrogen and oxygen atoms in total. The average molecular weight is 364 g/mol. The van der Waals surface area contributed by atoms with Crippen LogP contribution in [-0.4, -0.2) is 22.5 Å². The third-order valence-corrected chi connectivity index (χ3v) is 2.50. The molecular weight excluding hydrogens is 344 g/mol. The number of H-pyrrole nitrogens is 2. The van der Waals surface area contributed by atoms with Crippen molar-refractivity contribution in [2.75, 3.05) is 11.5 Å². The number of hydrogen-bond acceptors (Lipinski definition) is 6. The lowest BCUT2D eigenvalue weighted by Gasteiger charge is -2.16. The summed E-state index contributed by atoms with van der Waals surface area (Å²) in [5.41, 5.74) is 12.3. The molecule has 0 aromatic carbocycles. The van der Waals surface area contributed by atoms with Crippen molar-refractivity contribution < 1.29 is 40.7 Å². The van der Waals surface area contributed by atoms with Crippen LogP contribution in [0.4, 0.5) is 11.4 Å². The van der Waals surface area contributed by atoms with Gasteiger partial charge in [-0.2, -0.15) is 0 Å². The van der Waals surface area contributed by atoms with Crippen molar-refractivity contribution >= 4 is 22.9 Å². The minimum absolute atomic E-state index is 0. The SMILES string of the molecule is Nc1cc[nH+]cc1.Nc1cc[nH+]cc1.O.O.O=C1C=C([O-])C(=O)C=C1[O-]. The van der Waals surface area contributed by atoms with Gasteiger partial charge in [0, 0.05) is 35.6 Å². The minimum Gasteiger partial charge on any atom is -0.870 e. The number of carbonyl (C=O) groups excluding carboxylic acids is 2. The number of allylic oxidation sites excluding steroid dienone is 2. The maximum atomic E-state index is 10.3. The molecular formula is C16H20N4O6. The predicted molar refractivity (Wildman–Crippen MR) is 88.2 cm³/mol. The Balaban J connectivity index is 0. The van der Waals surface area contributed by atoms with Gasteiger partial charge in [-0.15, -0.1) is 0 Å². The van der Waals surface area contributed by atoms with Crippen LogP contribution >= 0.6 is 0 Å². The molecule has 0 fully saturated rings. The largest absolute Gasteiger partial charge is 0.870 e. The second kappa shape index (κ2) is 12.6. The molecule has 0 amide bonds. The molecule has 1 aliphatic rings. The van der Waals surface area contributed by atoms with E-state index in [4.69, 9.17) is 11.5 Å². The fourth-order valence-corrected chi connectivity index (χ4v) is 1.32. The van der Waals surface area contributed by atoms with Crippen molar-refractivity contribution in [2.24, 2.45) is 0 Å². The van der Waals surface area contributed by atoms with E-state index in [1.54, 1.807) is 49.1 Å². The molecule has 0 spiro atoms. The summed E-state index contributed by atoms with van der Waals surface area (Å²) in [4.78, 5) is 26.4. The van der Waals surface area contributed by atoms with Crippen LogP contribution in [0.3, 0.4) is 0 Å². The van der Waals surface area contributed by atoms with Crippen LogP contribution in [-0.2, 0) is 9.59 Å². The lowest BCUT2D eigenvalue weighted by atomic mass is 10.1. The molecule has 10 heteroatoms. The fourth-order valence-electron chi connectivity index (χ4n) is 1.32. The number of nitrogens with one attached hydrogen (secondary N) is 2. The summed E-state index contributed by atoms with van der Waals surface area (Å²) in [6.07, 6.45) is 8.16. The molecule has 0 saturated carbocycles. The number of aromatic nitrogens is 2. The Kier molecular flexibility index (Phi) is 11.9. The van der Waals surface area contributed by atoms with E-state index in [-0.39, 0.29) is 11.0 Å². The lowest BCUT2D eigenvalue weighted by molar-refractivity contribution is -0.378. The first-order chi connectivity index (χ1) is 11.4. The number of anilines is 2. The van der Waals surface area contributed by atoms with Crippen LogP contribution < -0.4 is 31.6 Å². The van der Waals surface area contributed by atoms with Crippen LogP contribution in [0.1, 0.15) is 0 Å². The summed E-state index contributed by atoms with van der Waals surface area (Å²) in [6, 6.07) is 7.22. The summed E-state index contributed by atoms with van der Waals surface area (Å²) in [5.74, 6) is -3.71. The van der Waals surface area contributed by atoms with Crippen molar-refractivity contribution in [3.8, 4) is 0 Å². The van der Waals surface area contributed by atoms with E-state index < -0.39 is 23.1 Å². The molecule has 0 radical (unpaired) electrons. The zero-order valence-electron chi connectivity index (χ0n) is 13.6. The van der Waals surface area contributed by atoms with Crippen LogP contribution in [0.15, 0.2) is 72.7 Å². The van der Waals surface area contributed by atoms with Crippen molar-refractivity contribution in [2.45, 2.75) is 0 Å². The molecule has 0 atom stereocenters. The topological polar surface area (TPSA) is 224 Å². The van der Waals surface area contributed by atoms with Crippen LogP contribution in [0.2, 0.25) is 0 Å². The van der Waals surface area contributed by atoms with Crippen molar-refractivity contribution in [1.29, 1.82) is 0 Å². The number of rotatable bonds is 0. The molecule has 26 heavy (non-hydrogen) atoms. The Hall–Kier alpha value is -3.76. The van der Waals surface area contributed by atoms with Crippen molar-refractivity contribution in [3.05, 3.63) is 72.7 Å². The highest BCUT2D eigenvalue weighted by Crippen LogP contribution is 2.01. The van der Waals surface area contributed by atoms with Gasteiger partial charge in [-0.3, -0.25) is 9.59 Å². The number of nitrogens with two attached hydrogens (primary N) is 2. The molecule has 10 N–H and O–H groups in total. The van der Waals surface area contributed by atoms with Gasteiger partial charge < -0.3 is 32.6 Å². The third-order valence-electron chi connectivity index (χ3n) is 2.50. The van der Waals surface area contributed by atoms with E-state index in [1.165, 1.54) is 0 Å². The van der Waals surface area contributed by atoms with E-state index in [0.717, 1.165) is 11.4 Å². The van der Waals surface area contributed by atoms with Crippen molar-refractivity contribution in [1.82, 2.24) is 0 Å². The highest BCUT2D eigenvalue weighted by molar-refractivity contribution is 6.17. The zero-order valence-corrected chi connectivity index (χ0v) is 13.6. The van der Waals surface area contributed by atoms with Crippen molar-refractivity contribution in [3.63, 3.8) is 0 Å². The van der Waals surface area contributed by atoms with E-state index in [1.807, 2.05) is 0 Å². The first-order valence-electron chi connectivity index (χ1n) is 6.69. The Morgan fingerprint density at radius 3 is 1.12 bits per heavy atom. The summed E-state index contributed by atoms with van der Waals surface area (Å²) in [5, 5.41) is 20.7. The van der Waals surface area contributed by atoms with Crippen LogP contribution in [0.25, 0.3) is 0 Å². The van der Waals surface area contributed by atoms with Gasteiger partial charge in [-0.1, -0.05) is 11.5 Å². The summed E-state index contributed by atoms with van der Waals surface area (Å²) >= 11 is 0. The molecule has 0 saturated heterocycles. The van der Waals surface area contributed by atoms with Gasteiger partial charge in [-0.05, 0) is 12.2 Å². The van der Waals surface area contributed by atoms with Gasteiger partial charge >= 0.3 is 0 Å². The predicted octanol–water partition coefficient (Wildman–Crippen LogP) is -3.86. The van der Waals surface area contributed by atoms with E-state index in [9.17, 15) is 19.8 Å². The molecule has 3 rings (SSSR count). The Bertz CT molecular complexity index is 682. The Morgan fingerprint density at radius 1 is 0.654 bits per heavy atom. The maximum absolute atomic E-state index is 10.3. The van der Waals surface area contributed by atoms with Gasteiger partial charge in [0.15, 0.2) is 36.4 Å². The fraction of sp³-hybridized carbons (Fsp3) is 0. The van der Waals surface area contributed by atoms with Gasteiger partial charge in [-0.25, -0.2) is 9.97 Å². The first-order valence-corrected chi connectivity index (χ1v) is 6.69. The molecule has 140 valence electrons. The molecule has 1 aliphatic carbocycles. The standard InChI is InChI=1S/C6H4O4.2C5H6N2.2H2O/c7-3-1-4(8)6(10)2-5(3)9;2*6-5-1-3-7-4-2-5;;/h1-2,7,10H;2*1-4H,(H2,6,7);2*1H2. The maximum Gasteiger partial charge on any atom is 0.170 e. The molecule has 2 aromatic heterocycles. The molecule has 0 aliphatic heterocycles. The minimum atomic E-state index is -0.926. The highest BCUT2D eigenvalue weighted by Gasteiger charge is 2.06. The number of pyridine rings is 2. The Morgan fingerprint density at radius 2 is 0.923 bits per heavy atom. The van der Waals surface area contributed by atoms with Crippen LogP contribution in [0, 0.1) is 0 Å². The second-order valence-electron chi connectivity index (χ2n) is 4.41. The Labute approximate surface area is 148 Å². The molecule has 0 unspecified atom stereocenters. The van der Waals surface area contributed by atoms with E-state index >= 15 is 0 Å². The summed E-state index contributed by atoms with van der Waals surface area (Å²) in [7, 11) is 0. The monoisotopic (exact) mass is 364 g/mol. The van der Waals surface area contributed by atoms with Gasteiger partial charge in [0.2, 0.25) is 0 Å². The molecule has 0 bridgehead atoms. The molecule has 2 aromatic rings. The van der Waals surface area contributed by atoms with E-state index in [2.05, 4.69) is 9.97 Å². The quantitative estimate of drug-likeness (QED) is 0.444. The number of ketones is 2. The third kappa shape index (κ3) is 9.39. The average Bonchev–Trinajstić information content (AvgIpc) is 2.56. The van der Waals surface area contributed by atoms with E-state index in [0.29, 0.717) is 12.2 Å². The number of hydrogen-bond donors (Lipinski definition) is 2. The molecule has 2 heterocycles. The zero-order chi connectivity index (χ0) is 17.9. The normalized spacial score (nSPS) is 11.7. The number of aromatic amines is 2. The highest BCUT2D eigenvalue weighted by atomic mass is 16.3. The lowest BCUT2D eigenvalue weighted by Crippen LogP contribution is -2.25. The van der Waals surface area contributed by atoms with Crippen LogP contribution in [0.5, 0.6) is 0 Å². The summed E-state index contributed by atoms with van der Waals surface area (Å²) < 4.78 is 0. The van der Waals surface area contributed by atoms with Gasteiger partial charge in [0.1, 0.15) is 0 Å². The number of nitrogen functional groups attached to an aromatic ring is 2. The van der Waals surface area contributed by atoms with Gasteiger partial charge in [0.05, 0.1) is 0 Å². The summed E-state index contributed by atoms with van der Waals surface area (Å²) in [6.45, 7) is 0. The number of carbonyl (C=O) groups is 2. The second-order valence-corrected chi connectivity index (χ2v) is 4.41. The van der Waals surface area contributed by atoms with Gasteiger partial charge in [0.25, 0.3) is 0 Å². The first kappa shape index (κ1) is 24.5. The smallest absolute Gasteiger partial charge is 0.170 e.